The average molecular weight is 603 g/mol. The SMILES string of the molecule is C=CC(=O)N1CC(C)N2c3nc(=O)n(-c4c(C)ccnc4C(C)C)c4cc(-c5c(O)cccc5Cl)c(F)c(c34)NCC2C1. The summed E-state index contributed by atoms with van der Waals surface area (Å²) in [5, 5.41) is 14.7. The highest BCUT2D eigenvalue weighted by Gasteiger charge is 2.39. The molecule has 0 bridgehead atoms. The van der Waals surface area contributed by atoms with Crippen LogP contribution in [0.2, 0.25) is 5.02 Å². The maximum Gasteiger partial charge on any atom is 0.354 e. The molecule has 2 N–H and O–H groups in total. The van der Waals surface area contributed by atoms with E-state index in [0.29, 0.717) is 41.2 Å². The van der Waals surface area contributed by atoms with Crippen LogP contribution in [0, 0.1) is 12.7 Å². The van der Waals surface area contributed by atoms with Crippen LogP contribution in [0.1, 0.15) is 37.9 Å². The summed E-state index contributed by atoms with van der Waals surface area (Å²) in [4.78, 5) is 39.7. The molecule has 2 atom stereocenters. The van der Waals surface area contributed by atoms with Crippen LogP contribution in [0.25, 0.3) is 27.7 Å². The lowest BCUT2D eigenvalue weighted by atomic mass is 9.98. The summed E-state index contributed by atoms with van der Waals surface area (Å²) in [6, 6.07) is 7.43. The fourth-order valence-corrected chi connectivity index (χ4v) is 6.69. The number of aromatic hydroxyl groups is 1. The summed E-state index contributed by atoms with van der Waals surface area (Å²) in [6.07, 6.45) is 2.98. The smallest absolute Gasteiger partial charge is 0.354 e. The summed E-state index contributed by atoms with van der Waals surface area (Å²) in [6.45, 7) is 12.4. The van der Waals surface area contributed by atoms with E-state index in [1.807, 2.05) is 38.7 Å². The summed E-state index contributed by atoms with van der Waals surface area (Å²) < 4.78 is 18.2. The molecule has 1 saturated heterocycles. The molecule has 1 amide bonds. The van der Waals surface area contributed by atoms with Gasteiger partial charge in [-0.2, -0.15) is 4.98 Å². The van der Waals surface area contributed by atoms with Crippen molar-refractivity contribution in [2.45, 2.75) is 45.7 Å². The van der Waals surface area contributed by atoms with Crippen molar-refractivity contribution in [3.05, 3.63) is 81.8 Å². The topological polar surface area (TPSA) is 104 Å². The van der Waals surface area contributed by atoms with Crippen molar-refractivity contribution >= 4 is 39.9 Å². The number of pyridine rings is 1. The number of piperazine rings is 1. The lowest BCUT2D eigenvalue weighted by Crippen LogP contribution is -2.61. The first-order valence-corrected chi connectivity index (χ1v) is 14.6. The molecule has 11 heteroatoms. The predicted molar refractivity (Wildman–Crippen MR) is 167 cm³/mol. The Morgan fingerprint density at radius 2 is 2.05 bits per heavy atom. The fourth-order valence-electron chi connectivity index (χ4n) is 6.42. The first kappa shape index (κ1) is 28.7. The minimum atomic E-state index is -0.636. The van der Waals surface area contributed by atoms with Crippen molar-refractivity contribution in [2.24, 2.45) is 0 Å². The van der Waals surface area contributed by atoms with Crippen molar-refractivity contribution in [3.8, 4) is 22.6 Å². The molecule has 4 aromatic rings. The number of amides is 1. The maximum absolute atomic E-state index is 16.7. The van der Waals surface area contributed by atoms with E-state index in [1.165, 1.54) is 16.7 Å². The van der Waals surface area contributed by atoms with Gasteiger partial charge in [-0.3, -0.25) is 14.3 Å². The van der Waals surface area contributed by atoms with Gasteiger partial charge in [-0.15, -0.1) is 0 Å². The molecule has 6 rings (SSSR count). The molecule has 0 radical (unpaired) electrons. The Morgan fingerprint density at radius 1 is 1.28 bits per heavy atom. The van der Waals surface area contributed by atoms with E-state index >= 15 is 4.39 Å². The molecule has 0 saturated carbocycles. The zero-order chi connectivity index (χ0) is 30.7. The van der Waals surface area contributed by atoms with E-state index < -0.39 is 11.5 Å². The summed E-state index contributed by atoms with van der Waals surface area (Å²) in [7, 11) is 0. The van der Waals surface area contributed by atoms with Gasteiger partial charge in [0.15, 0.2) is 5.82 Å². The monoisotopic (exact) mass is 602 g/mol. The van der Waals surface area contributed by atoms with Gasteiger partial charge < -0.3 is 20.2 Å². The number of rotatable bonds is 4. The Kier molecular flexibility index (Phi) is 7.12. The average Bonchev–Trinajstić information content (AvgIpc) is 3.13. The molecule has 2 unspecified atom stereocenters. The molecule has 1 fully saturated rings. The highest BCUT2D eigenvalue weighted by Crippen LogP contribution is 2.46. The number of carbonyl (C=O) groups is 1. The van der Waals surface area contributed by atoms with Crippen LogP contribution in [0.3, 0.4) is 0 Å². The van der Waals surface area contributed by atoms with Crippen molar-refractivity contribution in [1.29, 1.82) is 0 Å². The van der Waals surface area contributed by atoms with Crippen molar-refractivity contribution in [3.63, 3.8) is 0 Å². The van der Waals surface area contributed by atoms with Gasteiger partial charge in [-0.05, 0) is 55.7 Å². The molecule has 9 nitrogen and oxygen atoms in total. The molecule has 222 valence electrons. The lowest BCUT2D eigenvalue weighted by molar-refractivity contribution is -0.127. The van der Waals surface area contributed by atoms with Crippen molar-refractivity contribution in [1.82, 2.24) is 19.4 Å². The number of anilines is 2. The third-order valence-electron chi connectivity index (χ3n) is 8.32. The Bertz CT molecular complexity index is 1850. The van der Waals surface area contributed by atoms with Crippen LogP contribution in [-0.2, 0) is 4.79 Å². The number of fused-ring (bicyclic) bond motifs is 2. The zero-order valence-electron chi connectivity index (χ0n) is 24.4. The third kappa shape index (κ3) is 4.52. The third-order valence-corrected chi connectivity index (χ3v) is 8.63. The van der Waals surface area contributed by atoms with E-state index in [2.05, 4.69) is 21.9 Å². The minimum absolute atomic E-state index is 0.0304. The fraction of sp³-hybridized carbons (Fsp3) is 0.312. The molecular weight excluding hydrogens is 571 g/mol. The predicted octanol–water partition coefficient (Wildman–Crippen LogP) is 5.39. The van der Waals surface area contributed by atoms with Crippen LogP contribution in [0.15, 0.2) is 54.0 Å². The number of aromatic nitrogens is 3. The van der Waals surface area contributed by atoms with Gasteiger partial charge >= 0.3 is 5.69 Å². The molecule has 2 aliphatic rings. The number of phenolic OH excluding ortho intramolecular Hbond substituents is 1. The van der Waals surface area contributed by atoms with E-state index in [1.54, 1.807) is 29.3 Å². The van der Waals surface area contributed by atoms with Gasteiger partial charge in [0.25, 0.3) is 0 Å². The second-order valence-electron chi connectivity index (χ2n) is 11.4. The molecule has 2 aromatic carbocycles. The second-order valence-corrected chi connectivity index (χ2v) is 11.9. The van der Waals surface area contributed by atoms with Crippen LogP contribution in [0.4, 0.5) is 15.9 Å². The first-order valence-electron chi connectivity index (χ1n) is 14.2. The van der Waals surface area contributed by atoms with Crippen molar-refractivity contribution in [2.75, 3.05) is 29.9 Å². The highest BCUT2D eigenvalue weighted by molar-refractivity contribution is 6.33. The zero-order valence-corrected chi connectivity index (χ0v) is 25.1. The number of benzene rings is 2. The van der Waals surface area contributed by atoms with Crippen LogP contribution in [0.5, 0.6) is 5.75 Å². The highest BCUT2D eigenvalue weighted by atomic mass is 35.5. The lowest BCUT2D eigenvalue weighted by Gasteiger charge is -2.45. The standard InChI is InChI=1S/C32H32ClFN6O3/c1-6-24(42)38-14-18(5)39-19(15-38)13-36-29-26-22(12-20(27(29)34)25-21(33)8-7-9-23(25)41)40(32(43)37-31(26)39)30-17(4)10-11-35-28(30)16(2)3/h6-12,16,18-19,36,41H,1,13-15H2,2-5H3. The Balaban J connectivity index is 1.73. The van der Waals surface area contributed by atoms with Crippen LogP contribution >= 0.6 is 11.6 Å². The quantitative estimate of drug-likeness (QED) is 0.302. The number of hydrogen-bond acceptors (Lipinski definition) is 7. The Hall–Kier alpha value is -4.44. The molecule has 2 aromatic heterocycles. The number of hydrogen-bond donors (Lipinski definition) is 2. The maximum atomic E-state index is 16.7. The number of carbonyl (C=O) groups excluding carboxylic acids is 1. The number of aryl methyl sites for hydroxylation is 1. The Morgan fingerprint density at radius 3 is 2.74 bits per heavy atom. The van der Waals surface area contributed by atoms with Gasteiger partial charge in [0.05, 0.1) is 39.0 Å². The van der Waals surface area contributed by atoms with Gasteiger partial charge in [0.2, 0.25) is 5.91 Å². The van der Waals surface area contributed by atoms with Crippen LogP contribution in [-0.4, -0.2) is 62.2 Å². The van der Waals surface area contributed by atoms with E-state index in [9.17, 15) is 14.7 Å². The summed E-state index contributed by atoms with van der Waals surface area (Å²) in [5.41, 5.74) is 2.19. The molecule has 2 aliphatic heterocycles. The molecule has 43 heavy (non-hydrogen) atoms. The van der Waals surface area contributed by atoms with E-state index in [-0.39, 0.29) is 58.0 Å². The number of halogens is 2. The van der Waals surface area contributed by atoms with Crippen LogP contribution < -0.4 is 15.9 Å². The van der Waals surface area contributed by atoms with Gasteiger partial charge in [-0.25, -0.2) is 9.18 Å². The number of nitrogens with one attached hydrogen (secondary N) is 1. The molecular formula is C32H32ClFN6O3. The second kappa shape index (κ2) is 10.7. The summed E-state index contributed by atoms with van der Waals surface area (Å²) in [5.74, 6) is -0.724. The first-order chi connectivity index (χ1) is 20.5. The van der Waals surface area contributed by atoms with Crippen molar-refractivity contribution < 1.29 is 14.3 Å². The Labute approximate surface area is 253 Å². The summed E-state index contributed by atoms with van der Waals surface area (Å²) >= 11 is 6.53. The van der Waals surface area contributed by atoms with E-state index in [0.717, 1.165) is 5.56 Å². The van der Waals surface area contributed by atoms with Gasteiger partial charge in [0, 0.05) is 43.0 Å². The number of nitrogens with zero attached hydrogens (tertiary/aromatic N) is 5. The van der Waals surface area contributed by atoms with E-state index in [4.69, 9.17) is 11.6 Å². The van der Waals surface area contributed by atoms with Gasteiger partial charge in [0.1, 0.15) is 11.6 Å². The normalized spacial score (nSPS) is 17.9. The minimum Gasteiger partial charge on any atom is -0.507 e. The number of phenols is 1. The van der Waals surface area contributed by atoms with Gasteiger partial charge in [-0.1, -0.05) is 38.1 Å². The molecule has 4 heterocycles. The molecule has 0 spiro atoms. The molecule has 0 aliphatic carbocycles. The largest absolute Gasteiger partial charge is 0.507 e.